The number of unbranched alkanes of at least 4 members (excludes halogenated alkanes) is 1. The molecule has 0 aromatic rings. The molecule has 0 fully saturated rings. The molecule has 0 saturated heterocycles. The summed E-state index contributed by atoms with van der Waals surface area (Å²) in [7, 11) is 1.83. The molecule has 2 N–H and O–H groups in total. The summed E-state index contributed by atoms with van der Waals surface area (Å²) in [6.45, 7) is 13.7. The smallest absolute Gasteiger partial charge is 0.190 e. The van der Waals surface area contributed by atoms with Crippen molar-refractivity contribution in [1.82, 2.24) is 15.5 Å². The zero-order valence-corrected chi connectivity index (χ0v) is 18.0. The predicted molar refractivity (Wildman–Crippen MR) is 112 cm³/mol. The first kappa shape index (κ1) is 25.2. The Bertz CT molecular complexity index is 259. The Balaban J connectivity index is 0. The van der Waals surface area contributed by atoms with Crippen LogP contribution in [-0.2, 0) is 4.74 Å². The van der Waals surface area contributed by atoms with Crippen LogP contribution in [0.1, 0.15) is 52.9 Å². The molecule has 0 aliphatic rings. The van der Waals surface area contributed by atoms with E-state index >= 15 is 0 Å². The van der Waals surface area contributed by atoms with Gasteiger partial charge in [-0.05, 0) is 58.7 Å². The van der Waals surface area contributed by atoms with Crippen LogP contribution in [0.25, 0.3) is 0 Å². The fraction of sp³-hybridized carbons (Fsp3) is 0.941. The second kappa shape index (κ2) is 20.0. The molecule has 0 heterocycles. The third-order valence-corrected chi connectivity index (χ3v) is 3.46. The van der Waals surface area contributed by atoms with E-state index in [1.165, 1.54) is 32.5 Å². The fourth-order valence-electron chi connectivity index (χ4n) is 2.38. The highest BCUT2D eigenvalue weighted by Gasteiger charge is 2.02. The van der Waals surface area contributed by atoms with E-state index in [1.807, 2.05) is 14.0 Å². The van der Waals surface area contributed by atoms with Gasteiger partial charge in [0.25, 0.3) is 0 Å². The third-order valence-electron chi connectivity index (χ3n) is 3.46. The summed E-state index contributed by atoms with van der Waals surface area (Å²) in [5, 5.41) is 6.75. The van der Waals surface area contributed by atoms with Crippen molar-refractivity contribution in [2.24, 2.45) is 4.99 Å². The van der Waals surface area contributed by atoms with Gasteiger partial charge in [-0.2, -0.15) is 0 Å². The lowest BCUT2D eigenvalue weighted by molar-refractivity contribution is 0.143. The number of ether oxygens (including phenoxy) is 1. The van der Waals surface area contributed by atoms with Gasteiger partial charge in [-0.3, -0.25) is 4.99 Å². The normalized spacial score (nSPS) is 11.4. The van der Waals surface area contributed by atoms with Crippen LogP contribution in [0.15, 0.2) is 4.99 Å². The molecule has 0 bridgehead atoms. The lowest BCUT2D eigenvalue weighted by Gasteiger charge is -2.21. The van der Waals surface area contributed by atoms with Crippen LogP contribution in [0, 0.1) is 0 Å². The van der Waals surface area contributed by atoms with Gasteiger partial charge in [0.15, 0.2) is 5.96 Å². The highest BCUT2D eigenvalue weighted by Crippen LogP contribution is 1.95. The van der Waals surface area contributed by atoms with Crippen molar-refractivity contribution in [3.05, 3.63) is 0 Å². The van der Waals surface area contributed by atoms with Gasteiger partial charge in [0, 0.05) is 33.4 Å². The van der Waals surface area contributed by atoms with Crippen molar-refractivity contribution >= 4 is 29.9 Å². The lowest BCUT2D eigenvalue weighted by Crippen LogP contribution is -2.39. The van der Waals surface area contributed by atoms with Crippen LogP contribution in [-0.4, -0.2) is 63.8 Å². The number of nitrogens with zero attached hydrogens (tertiary/aromatic N) is 2. The molecule has 0 radical (unpaired) electrons. The van der Waals surface area contributed by atoms with Crippen molar-refractivity contribution in [3.63, 3.8) is 0 Å². The van der Waals surface area contributed by atoms with Crippen LogP contribution < -0.4 is 10.6 Å². The number of nitrogens with one attached hydrogen (secondary N) is 2. The lowest BCUT2D eigenvalue weighted by atomic mass is 10.3. The average molecular weight is 442 g/mol. The van der Waals surface area contributed by atoms with Crippen LogP contribution in [0.4, 0.5) is 0 Å². The Morgan fingerprint density at radius 1 is 0.913 bits per heavy atom. The molecule has 0 atom stereocenters. The van der Waals surface area contributed by atoms with Gasteiger partial charge in [0.05, 0.1) is 0 Å². The minimum Gasteiger partial charge on any atom is -0.382 e. The maximum atomic E-state index is 5.33. The van der Waals surface area contributed by atoms with Crippen molar-refractivity contribution in [2.75, 3.05) is 53.0 Å². The molecule has 0 aromatic carbocycles. The van der Waals surface area contributed by atoms with Crippen molar-refractivity contribution in [2.45, 2.75) is 52.9 Å². The monoisotopic (exact) mass is 442 g/mol. The van der Waals surface area contributed by atoms with E-state index in [-0.39, 0.29) is 24.0 Å². The standard InChI is InChI=1S/C17H38N4O.HI/c1-5-13-21(14-6-2)15-10-12-20-17(18-4)19-11-8-9-16-22-7-3;/h5-16H2,1-4H3,(H2,18,19,20);1H. The zero-order chi connectivity index (χ0) is 16.5. The molecule has 0 saturated carbocycles. The first-order chi connectivity index (χ1) is 10.8. The first-order valence-corrected chi connectivity index (χ1v) is 9.03. The van der Waals surface area contributed by atoms with Crippen LogP contribution >= 0.6 is 24.0 Å². The van der Waals surface area contributed by atoms with E-state index in [4.69, 9.17) is 4.74 Å². The number of hydrogen-bond donors (Lipinski definition) is 2. The van der Waals surface area contributed by atoms with Crippen LogP contribution in [0.3, 0.4) is 0 Å². The first-order valence-electron chi connectivity index (χ1n) is 9.03. The van der Waals surface area contributed by atoms with E-state index in [2.05, 4.69) is 34.4 Å². The van der Waals surface area contributed by atoms with Gasteiger partial charge in [-0.25, -0.2) is 0 Å². The van der Waals surface area contributed by atoms with Crippen molar-refractivity contribution < 1.29 is 4.74 Å². The molecule has 140 valence electrons. The molecule has 0 rings (SSSR count). The highest BCUT2D eigenvalue weighted by molar-refractivity contribution is 14.0. The third kappa shape index (κ3) is 16.6. The number of guanidine groups is 1. The quantitative estimate of drug-likeness (QED) is 0.188. The van der Waals surface area contributed by atoms with Gasteiger partial charge in [0.1, 0.15) is 0 Å². The summed E-state index contributed by atoms with van der Waals surface area (Å²) in [6, 6.07) is 0. The molecule has 23 heavy (non-hydrogen) atoms. The van der Waals surface area contributed by atoms with Gasteiger partial charge < -0.3 is 20.3 Å². The summed E-state index contributed by atoms with van der Waals surface area (Å²) in [5.41, 5.74) is 0. The largest absolute Gasteiger partial charge is 0.382 e. The van der Waals surface area contributed by atoms with Crippen molar-refractivity contribution in [1.29, 1.82) is 0 Å². The maximum Gasteiger partial charge on any atom is 0.190 e. The van der Waals surface area contributed by atoms with E-state index < -0.39 is 0 Å². The summed E-state index contributed by atoms with van der Waals surface area (Å²) in [4.78, 5) is 6.81. The predicted octanol–water partition coefficient (Wildman–Crippen LogP) is 3.10. The Hall–Kier alpha value is -0.0800. The SMILES string of the molecule is CCCN(CCC)CCCNC(=NC)NCCCCOCC.I. The Morgan fingerprint density at radius 2 is 1.52 bits per heavy atom. The molecule has 5 nitrogen and oxygen atoms in total. The Kier molecular flexibility index (Phi) is 21.8. The van der Waals surface area contributed by atoms with E-state index in [9.17, 15) is 0 Å². The minimum atomic E-state index is 0. The molecule has 0 spiro atoms. The summed E-state index contributed by atoms with van der Waals surface area (Å²) >= 11 is 0. The Labute approximate surface area is 161 Å². The van der Waals surface area contributed by atoms with Crippen LogP contribution in [0.2, 0.25) is 0 Å². The summed E-state index contributed by atoms with van der Waals surface area (Å²) in [5.74, 6) is 0.911. The number of aliphatic imine (C=N–C) groups is 1. The van der Waals surface area contributed by atoms with E-state index in [1.54, 1.807) is 0 Å². The zero-order valence-electron chi connectivity index (χ0n) is 15.7. The summed E-state index contributed by atoms with van der Waals surface area (Å²) in [6.07, 6.45) is 5.84. The number of halogens is 1. The minimum absolute atomic E-state index is 0. The number of hydrogen-bond acceptors (Lipinski definition) is 3. The molecule has 6 heteroatoms. The van der Waals surface area contributed by atoms with Crippen molar-refractivity contribution in [3.8, 4) is 0 Å². The molecular formula is C17H39IN4O. The fourth-order valence-corrected chi connectivity index (χ4v) is 2.38. The number of rotatable bonds is 14. The highest BCUT2D eigenvalue weighted by atomic mass is 127. The second-order valence-electron chi connectivity index (χ2n) is 5.52. The molecule has 0 aliphatic carbocycles. The van der Waals surface area contributed by atoms with Gasteiger partial charge in [-0.1, -0.05) is 13.8 Å². The second-order valence-corrected chi connectivity index (χ2v) is 5.52. The van der Waals surface area contributed by atoms with Gasteiger partial charge in [0.2, 0.25) is 0 Å². The maximum absolute atomic E-state index is 5.33. The molecule has 0 unspecified atom stereocenters. The molecule has 0 aromatic heterocycles. The average Bonchev–Trinajstić information content (AvgIpc) is 2.53. The molecule has 0 amide bonds. The van der Waals surface area contributed by atoms with E-state index in [0.29, 0.717) is 0 Å². The molecular weight excluding hydrogens is 403 g/mol. The topological polar surface area (TPSA) is 48.9 Å². The Morgan fingerprint density at radius 3 is 2.04 bits per heavy atom. The van der Waals surface area contributed by atoms with Gasteiger partial charge >= 0.3 is 0 Å². The molecule has 0 aliphatic heterocycles. The van der Waals surface area contributed by atoms with Gasteiger partial charge in [-0.15, -0.1) is 24.0 Å². The summed E-state index contributed by atoms with van der Waals surface area (Å²) < 4.78 is 5.33. The van der Waals surface area contributed by atoms with E-state index in [0.717, 1.165) is 51.5 Å². The van der Waals surface area contributed by atoms with Crippen LogP contribution in [0.5, 0.6) is 0 Å².